The lowest BCUT2D eigenvalue weighted by molar-refractivity contribution is -0.121. The molecule has 124 valence electrons. The van der Waals surface area contributed by atoms with E-state index in [0.717, 1.165) is 11.3 Å². The normalized spacial score (nSPS) is 18.0. The molecule has 1 saturated heterocycles. The number of nitrogens with zero attached hydrogens (tertiary/aromatic N) is 2. The number of hydrogen-bond donors (Lipinski definition) is 0. The summed E-state index contributed by atoms with van der Waals surface area (Å²) >= 11 is 5.97. The van der Waals surface area contributed by atoms with Crippen molar-refractivity contribution >= 4 is 29.1 Å². The van der Waals surface area contributed by atoms with Crippen LogP contribution in [-0.2, 0) is 4.79 Å². The fourth-order valence-electron chi connectivity index (χ4n) is 2.96. The first-order valence-corrected chi connectivity index (χ1v) is 8.27. The summed E-state index contributed by atoms with van der Waals surface area (Å²) < 4.78 is 0. The summed E-state index contributed by atoms with van der Waals surface area (Å²) in [6.45, 7) is 4.50. The van der Waals surface area contributed by atoms with Crippen LogP contribution in [0.15, 0.2) is 48.5 Å². The monoisotopic (exact) mass is 342 g/mol. The standard InChI is InChI=1S/C19H19ClN2O2/c1-13-5-3-8-17(9-13)22-11-14(2)21(12-18(22)23)19(24)15-6-4-7-16(20)10-15/h3-10,14H,11-12H2,1-2H3/t14-/m0/s1. The van der Waals surface area contributed by atoms with Crippen LogP contribution in [0.3, 0.4) is 0 Å². The molecular weight excluding hydrogens is 324 g/mol. The SMILES string of the molecule is Cc1cccc(N2C[C@H](C)N(C(=O)c3cccc(Cl)c3)CC2=O)c1. The Balaban J connectivity index is 1.80. The molecule has 24 heavy (non-hydrogen) atoms. The fraction of sp³-hybridized carbons (Fsp3) is 0.263. The van der Waals surface area contributed by atoms with Crippen molar-refractivity contribution in [3.8, 4) is 0 Å². The van der Waals surface area contributed by atoms with Crippen LogP contribution in [0.1, 0.15) is 22.8 Å². The van der Waals surface area contributed by atoms with Crippen molar-refractivity contribution < 1.29 is 9.59 Å². The zero-order chi connectivity index (χ0) is 17.3. The molecule has 1 aliphatic rings. The Morgan fingerprint density at radius 3 is 2.62 bits per heavy atom. The summed E-state index contributed by atoms with van der Waals surface area (Å²) in [7, 11) is 0. The summed E-state index contributed by atoms with van der Waals surface area (Å²) in [4.78, 5) is 28.6. The van der Waals surface area contributed by atoms with E-state index in [4.69, 9.17) is 11.6 Å². The number of piperazine rings is 1. The predicted octanol–water partition coefficient (Wildman–Crippen LogP) is 3.53. The number of halogens is 1. The summed E-state index contributed by atoms with van der Waals surface area (Å²) in [5.41, 5.74) is 2.48. The fourth-order valence-corrected chi connectivity index (χ4v) is 3.15. The van der Waals surface area contributed by atoms with Crippen molar-refractivity contribution in [2.45, 2.75) is 19.9 Å². The first-order valence-electron chi connectivity index (χ1n) is 7.89. The Labute approximate surface area is 146 Å². The molecule has 0 saturated carbocycles. The molecule has 0 aliphatic carbocycles. The smallest absolute Gasteiger partial charge is 0.254 e. The van der Waals surface area contributed by atoms with Gasteiger partial charge in [0, 0.05) is 28.9 Å². The van der Waals surface area contributed by atoms with Crippen LogP contribution in [0.2, 0.25) is 5.02 Å². The van der Waals surface area contributed by atoms with Gasteiger partial charge in [-0.15, -0.1) is 0 Å². The van der Waals surface area contributed by atoms with Crippen molar-refractivity contribution in [2.75, 3.05) is 18.0 Å². The topological polar surface area (TPSA) is 40.6 Å². The van der Waals surface area contributed by atoms with Crippen LogP contribution >= 0.6 is 11.6 Å². The third-order valence-corrected chi connectivity index (χ3v) is 4.47. The van der Waals surface area contributed by atoms with Crippen molar-refractivity contribution in [1.82, 2.24) is 4.90 Å². The third-order valence-electron chi connectivity index (χ3n) is 4.23. The van der Waals surface area contributed by atoms with E-state index < -0.39 is 0 Å². The molecule has 1 aliphatic heterocycles. The van der Waals surface area contributed by atoms with Gasteiger partial charge in [0.1, 0.15) is 6.54 Å². The van der Waals surface area contributed by atoms with Gasteiger partial charge in [0.2, 0.25) is 5.91 Å². The summed E-state index contributed by atoms with van der Waals surface area (Å²) in [5, 5.41) is 0.512. The Hall–Kier alpha value is -2.33. The molecule has 2 amide bonds. The molecular formula is C19H19ClN2O2. The number of hydrogen-bond acceptors (Lipinski definition) is 2. The maximum atomic E-state index is 12.7. The highest BCUT2D eigenvalue weighted by Gasteiger charge is 2.33. The Bertz CT molecular complexity index is 790. The molecule has 0 aromatic heterocycles. The van der Waals surface area contributed by atoms with Crippen molar-refractivity contribution in [1.29, 1.82) is 0 Å². The van der Waals surface area contributed by atoms with E-state index in [-0.39, 0.29) is 24.4 Å². The van der Waals surface area contributed by atoms with Crippen LogP contribution in [0.5, 0.6) is 0 Å². The third kappa shape index (κ3) is 3.29. The van der Waals surface area contributed by atoms with Gasteiger partial charge < -0.3 is 9.80 Å². The highest BCUT2D eigenvalue weighted by Crippen LogP contribution is 2.23. The van der Waals surface area contributed by atoms with Crippen LogP contribution < -0.4 is 4.90 Å². The number of rotatable bonds is 2. The molecule has 0 unspecified atom stereocenters. The molecule has 0 spiro atoms. The number of carbonyl (C=O) groups excluding carboxylic acids is 2. The van der Waals surface area contributed by atoms with E-state index in [0.29, 0.717) is 17.1 Å². The van der Waals surface area contributed by atoms with E-state index in [2.05, 4.69) is 0 Å². The van der Waals surface area contributed by atoms with E-state index in [1.807, 2.05) is 38.1 Å². The van der Waals surface area contributed by atoms with Gasteiger partial charge in [-0.1, -0.05) is 29.8 Å². The Kier molecular flexibility index (Phi) is 4.58. The minimum absolute atomic E-state index is 0.0699. The zero-order valence-electron chi connectivity index (χ0n) is 13.7. The van der Waals surface area contributed by atoms with E-state index >= 15 is 0 Å². The van der Waals surface area contributed by atoms with Gasteiger partial charge in [-0.3, -0.25) is 9.59 Å². The highest BCUT2D eigenvalue weighted by atomic mass is 35.5. The number of amides is 2. The van der Waals surface area contributed by atoms with Crippen LogP contribution in [0.25, 0.3) is 0 Å². The molecule has 1 heterocycles. The first kappa shape index (κ1) is 16.5. The number of benzene rings is 2. The number of anilines is 1. The molecule has 1 fully saturated rings. The van der Waals surface area contributed by atoms with Crippen LogP contribution in [-0.4, -0.2) is 35.8 Å². The second-order valence-electron chi connectivity index (χ2n) is 6.14. The van der Waals surface area contributed by atoms with Gasteiger partial charge in [0.15, 0.2) is 0 Å². The molecule has 2 aromatic carbocycles. The van der Waals surface area contributed by atoms with E-state index in [1.54, 1.807) is 34.1 Å². The van der Waals surface area contributed by atoms with Gasteiger partial charge in [0.05, 0.1) is 0 Å². The summed E-state index contributed by atoms with van der Waals surface area (Å²) in [6, 6.07) is 14.6. The van der Waals surface area contributed by atoms with E-state index in [9.17, 15) is 9.59 Å². The largest absolute Gasteiger partial charge is 0.325 e. The molecule has 4 nitrogen and oxygen atoms in total. The molecule has 2 aromatic rings. The second-order valence-corrected chi connectivity index (χ2v) is 6.57. The molecule has 5 heteroatoms. The molecule has 0 radical (unpaired) electrons. The lowest BCUT2D eigenvalue weighted by atomic mass is 10.1. The Morgan fingerprint density at radius 1 is 1.17 bits per heavy atom. The average Bonchev–Trinajstić information content (AvgIpc) is 2.56. The van der Waals surface area contributed by atoms with Crippen LogP contribution in [0, 0.1) is 6.92 Å². The highest BCUT2D eigenvalue weighted by molar-refractivity contribution is 6.31. The minimum atomic E-state index is -0.165. The molecule has 0 N–H and O–H groups in total. The van der Waals surface area contributed by atoms with Gasteiger partial charge in [-0.2, -0.15) is 0 Å². The van der Waals surface area contributed by atoms with E-state index in [1.165, 1.54) is 0 Å². The van der Waals surface area contributed by atoms with Crippen LogP contribution in [0.4, 0.5) is 5.69 Å². The van der Waals surface area contributed by atoms with Crippen molar-refractivity contribution in [3.63, 3.8) is 0 Å². The van der Waals surface area contributed by atoms with Gasteiger partial charge in [-0.05, 0) is 49.7 Å². The second kappa shape index (κ2) is 6.65. The van der Waals surface area contributed by atoms with Gasteiger partial charge >= 0.3 is 0 Å². The van der Waals surface area contributed by atoms with Gasteiger partial charge in [-0.25, -0.2) is 0 Å². The lowest BCUT2D eigenvalue weighted by Gasteiger charge is -2.39. The lowest BCUT2D eigenvalue weighted by Crippen LogP contribution is -2.57. The zero-order valence-corrected chi connectivity index (χ0v) is 14.5. The number of aryl methyl sites for hydroxylation is 1. The number of carbonyl (C=O) groups is 2. The van der Waals surface area contributed by atoms with Crippen molar-refractivity contribution in [2.24, 2.45) is 0 Å². The first-order chi connectivity index (χ1) is 11.5. The van der Waals surface area contributed by atoms with Crippen molar-refractivity contribution in [3.05, 3.63) is 64.7 Å². The molecule has 3 rings (SSSR count). The Morgan fingerprint density at radius 2 is 1.92 bits per heavy atom. The molecule has 1 atom stereocenters. The predicted molar refractivity (Wildman–Crippen MR) is 95.5 cm³/mol. The summed E-state index contributed by atoms with van der Waals surface area (Å²) in [6.07, 6.45) is 0. The minimum Gasteiger partial charge on any atom is -0.325 e. The maximum absolute atomic E-state index is 12.7. The maximum Gasteiger partial charge on any atom is 0.254 e. The summed E-state index contributed by atoms with van der Waals surface area (Å²) in [5.74, 6) is -0.240. The molecule has 0 bridgehead atoms. The van der Waals surface area contributed by atoms with Gasteiger partial charge in [0.25, 0.3) is 5.91 Å². The quantitative estimate of drug-likeness (QED) is 0.837. The average molecular weight is 343 g/mol.